The molecule has 0 spiro atoms. The summed E-state index contributed by atoms with van der Waals surface area (Å²) < 4.78 is 7.48. The molecule has 2 fully saturated rings. The lowest BCUT2D eigenvalue weighted by Crippen LogP contribution is -2.56. The number of nitrogens with two attached hydrogens (primary N) is 1. The molecular formula is C19H29Cl2N5O2. The Bertz CT molecular complexity index is 738. The van der Waals surface area contributed by atoms with Gasteiger partial charge in [0.15, 0.2) is 0 Å². The van der Waals surface area contributed by atoms with Gasteiger partial charge in [0.2, 0.25) is 5.91 Å². The Hall–Kier alpha value is -1.38. The highest BCUT2D eigenvalue weighted by Crippen LogP contribution is 2.32. The first kappa shape index (κ1) is 22.9. The lowest BCUT2D eigenvalue weighted by Gasteiger charge is -2.42. The molecule has 2 saturated heterocycles. The van der Waals surface area contributed by atoms with Crippen molar-refractivity contribution in [1.82, 2.24) is 19.2 Å². The molecule has 2 N–H and O–H groups in total. The molecule has 2 aliphatic heterocycles. The van der Waals surface area contributed by atoms with Gasteiger partial charge in [-0.25, -0.2) is 4.98 Å². The maximum Gasteiger partial charge on any atom is 0.230 e. The highest BCUT2D eigenvalue weighted by atomic mass is 35.5. The van der Waals surface area contributed by atoms with Gasteiger partial charge in [0.1, 0.15) is 5.65 Å². The number of carbonyl (C=O) groups is 1. The summed E-state index contributed by atoms with van der Waals surface area (Å²) in [6.45, 7) is 5.76. The number of fused-ring (bicyclic) bond motifs is 1. The quantitative estimate of drug-likeness (QED) is 0.797. The SMILES string of the molecule is Cl.Cl.NCC1(C(=O)N2CCN(Cc3cn4ccccc4n3)CC2)CCOCC1. The van der Waals surface area contributed by atoms with Gasteiger partial charge in [-0.05, 0) is 25.0 Å². The molecule has 4 rings (SSSR count). The van der Waals surface area contributed by atoms with E-state index in [1.54, 1.807) is 0 Å². The van der Waals surface area contributed by atoms with Gasteiger partial charge in [-0.15, -0.1) is 24.8 Å². The lowest BCUT2D eigenvalue weighted by molar-refractivity contribution is -0.149. The molecule has 0 aliphatic carbocycles. The molecule has 7 nitrogen and oxygen atoms in total. The summed E-state index contributed by atoms with van der Waals surface area (Å²) in [5.41, 5.74) is 7.61. The molecule has 2 aromatic heterocycles. The Morgan fingerprint density at radius 1 is 1.14 bits per heavy atom. The molecule has 2 aromatic rings. The summed E-state index contributed by atoms with van der Waals surface area (Å²) in [5.74, 6) is 0.218. The molecule has 9 heteroatoms. The van der Waals surface area contributed by atoms with Crippen molar-refractivity contribution in [3.8, 4) is 0 Å². The van der Waals surface area contributed by atoms with Crippen molar-refractivity contribution in [3.05, 3.63) is 36.3 Å². The molecule has 0 radical (unpaired) electrons. The molecule has 0 atom stereocenters. The molecule has 0 bridgehead atoms. The van der Waals surface area contributed by atoms with Gasteiger partial charge in [0.25, 0.3) is 0 Å². The minimum atomic E-state index is -0.415. The number of piperazine rings is 1. The van der Waals surface area contributed by atoms with Gasteiger partial charge in [-0.1, -0.05) is 6.07 Å². The number of hydrogen-bond acceptors (Lipinski definition) is 5. The molecular weight excluding hydrogens is 401 g/mol. The summed E-state index contributed by atoms with van der Waals surface area (Å²) in [4.78, 5) is 22.1. The van der Waals surface area contributed by atoms with E-state index >= 15 is 0 Å². The van der Waals surface area contributed by atoms with Crippen LogP contribution >= 0.6 is 24.8 Å². The standard InChI is InChI=1S/C19H27N5O2.2ClH/c20-15-19(4-11-26-12-5-19)18(25)23-9-7-22(8-10-23)13-16-14-24-6-2-1-3-17(24)21-16;;/h1-3,6,14H,4-5,7-13,15,20H2;2*1H. The van der Waals surface area contributed by atoms with E-state index in [4.69, 9.17) is 10.5 Å². The fourth-order valence-corrected chi connectivity index (χ4v) is 4.00. The zero-order valence-electron chi connectivity index (χ0n) is 16.0. The number of aromatic nitrogens is 2. The second-order valence-electron chi connectivity index (χ2n) is 7.36. The van der Waals surface area contributed by atoms with Crippen molar-refractivity contribution in [2.24, 2.45) is 11.1 Å². The van der Waals surface area contributed by atoms with Crippen LogP contribution in [0.5, 0.6) is 0 Å². The fraction of sp³-hybridized carbons (Fsp3) is 0.579. The monoisotopic (exact) mass is 429 g/mol. The minimum absolute atomic E-state index is 0. The van der Waals surface area contributed by atoms with Gasteiger partial charge < -0.3 is 19.8 Å². The second-order valence-corrected chi connectivity index (χ2v) is 7.36. The van der Waals surface area contributed by atoms with E-state index in [-0.39, 0.29) is 30.7 Å². The maximum atomic E-state index is 13.0. The lowest BCUT2D eigenvalue weighted by atomic mass is 9.78. The number of amides is 1. The predicted octanol–water partition coefficient (Wildman–Crippen LogP) is 1.58. The summed E-state index contributed by atoms with van der Waals surface area (Å²) >= 11 is 0. The van der Waals surface area contributed by atoms with Crippen LogP contribution in [0, 0.1) is 5.41 Å². The highest BCUT2D eigenvalue weighted by Gasteiger charge is 2.42. The van der Waals surface area contributed by atoms with Gasteiger partial charge in [0.05, 0.1) is 11.1 Å². The zero-order chi connectivity index (χ0) is 18.0. The third-order valence-electron chi connectivity index (χ3n) is 5.75. The number of nitrogens with zero attached hydrogens (tertiary/aromatic N) is 4. The third kappa shape index (κ3) is 4.60. The Morgan fingerprint density at radius 3 is 2.50 bits per heavy atom. The Balaban J connectivity index is 0.00000140. The topological polar surface area (TPSA) is 76.1 Å². The van der Waals surface area contributed by atoms with Crippen LogP contribution in [0.1, 0.15) is 18.5 Å². The molecule has 1 amide bonds. The van der Waals surface area contributed by atoms with Crippen LogP contribution in [0.3, 0.4) is 0 Å². The average Bonchev–Trinajstić information content (AvgIpc) is 3.11. The van der Waals surface area contributed by atoms with E-state index in [0.717, 1.165) is 56.9 Å². The van der Waals surface area contributed by atoms with E-state index < -0.39 is 5.41 Å². The van der Waals surface area contributed by atoms with Gasteiger partial charge >= 0.3 is 0 Å². The largest absolute Gasteiger partial charge is 0.381 e. The summed E-state index contributed by atoms with van der Waals surface area (Å²) in [6.07, 6.45) is 5.58. The number of imidazole rings is 1. The van der Waals surface area contributed by atoms with Crippen molar-refractivity contribution >= 4 is 36.4 Å². The molecule has 0 saturated carbocycles. The number of hydrogen-bond donors (Lipinski definition) is 1. The van der Waals surface area contributed by atoms with Crippen LogP contribution < -0.4 is 5.73 Å². The van der Waals surface area contributed by atoms with Crippen LogP contribution in [0.25, 0.3) is 5.65 Å². The van der Waals surface area contributed by atoms with Crippen LogP contribution in [0.4, 0.5) is 0 Å². The number of halogens is 2. The summed E-state index contributed by atoms with van der Waals surface area (Å²) in [7, 11) is 0. The zero-order valence-corrected chi connectivity index (χ0v) is 17.6. The Labute approximate surface area is 178 Å². The van der Waals surface area contributed by atoms with Crippen LogP contribution in [0.15, 0.2) is 30.6 Å². The van der Waals surface area contributed by atoms with Gasteiger partial charge in [-0.3, -0.25) is 9.69 Å². The van der Waals surface area contributed by atoms with E-state index in [2.05, 4.69) is 16.1 Å². The normalized spacial score (nSPS) is 19.7. The molecule has 0 unspecified atom stereocenters. The maximum absolute atomic E-state index is 13.0. The van der Waals surface area contributed by atoms with Crippen LogP contribution in [-0.2, 0) is 16.1 Å². The van der Waals surface area contributed by atoms with Gasteiger partial charge in [0, 0.05) is 64.9 Å². The number of ether oxygens (including phenoxy) is 1. The first-order chi connectivity index (χ1) is 12.7. The number of rotatable bonds is 4. The smallest absolute Gasteiger partial charge is 0.230 e. The molecule has 28 heavy (non-hydrogen) atoms. The van der Waals surface area contributed by atoms with E-state index in [9.17, 15) is 4.79 Å². The molecule has 156 valence electrons. The van der Waals surface area contributed by atoms with E-state index in [0.29, 0.717) is 19.8 Å². The Morgan fingerprint density at radius 2 is 1.86 bits per heavy atom. The Kier molecular flexibility index (Phi) is 8.09. The molecule has 4 heterocycles. The second kappa shape index (κ2) is 9.89. The average molecular weight is 430 g/mol. The first-order valence-electron chi connectivity index (χ1n) is 9.42. The predicted molar refractivity (Wildman–Crippen MR) is 113 cm³/mol. The van der Waals surface area contributed by atoms with E-state index in [1.807, 2.05) is 33.7 Å². The third-order valence-corrected chi connectivity index (χ3v) is 5.75. The van der Waals surface area contributed by atoms with Crippen molar-refractivity contribution < 1.29 is 9.53 Å². The van der Waals surface area contributed by atoms with Crippen molar-refractivity contribution in [3.63, 3.8) is 0 Å². The number of carbonyl (C=O) groups excluding carboxylic acids is 1. The molecule has 0 aromatic carbocycles. The summed E-state index contributed by atoms with van der Waals surface area (Å²) in [5, 5.41) is 0. The number of pyridine rings is 1. The van der Waals surface area contributed by atoms with Crippen LogP contribution in [-0.4, -0.2) is 71.0 Å². The van der Waals surface area contributed by atoms with Crippen molar-refractivity contribution in [2.45, 2.75) is 19.4 Å². The van der Waals surface area contributed by atoms with E-state index in [1.165, 1.54) is 0 Å². The fourth-order valence-electron chi connectivity index (χ4n) is 4.00. The van der Waals surface area contributed by atoms with Crippen LogP contribution in [0.2, 0.25) is 0 Å². The first-order valence-corrected chi connectivity index (χ1v) is 9.42. The highest BCUT2D eigenvalue weighted by molar-refractivity contribution is 5.85. The minimum Gasteiger partial charge on any atom is -0.381 e. The van der Waals surface area contributed by atoms with Crippen molar-refractivity contribution in [2.75, 3.05) is 45.9 Å². The summed E-state index contributed by atoms with van der Waals surface area (Å²) in [6, 6.07) is 6.02. The molecule has 2 aliphatic rings. The van der Waals surface area contributed by atoms with Crippen molar-refractivity contribution in [1.29, 1.82) is 0 Å². The van der Waals surface area contributed by atoms with Gasteiger partial charge in [-0.2, -0.15) is 0 Å².